The summed E-state index contributed by atoms with van der Waals surface area (Å²) >= 11 is 6.06. The van der Waals surface area contributed by atoms with Gasteiger partial charge in [-0.1, -0.05) is 0 Å². The Morgan fingerprint density at radius 1 is 1.23 bits per heavy atom. The monoisotopic (exact) mass is 203 g/mol. The number of alkyl halides is 1. The highest BCUT2D eigenvalue weighted by molar-refractivity contribution is 6.20. The maximum atomic E-state index is 10.8. The summed E-state index contributed by atoms with van der Waals surface area (Å²) < 4.78 is 0. The first-order valence-corrected chi connectivity index (χ1v) is 5.53. The van der Waals surface area contributed by atoms with Crippen LogP contribution in [0.2, 0.25) is 0 Å². The van der Waals surface area contributed by atoms with Gasteiger partial charge in [-0.3, -0.25) is 4.79 Å². The molecule has 1 rings (SSSR count). The standard InChI is InChI=1S/C10H18ClNO/c1-8(13)12-10-6-2-4-9(11)5-3-7-10/h9-10H,2-7H2,1H3,(H,12,13). The van der Waals surface area contributed by atoms with Crippen LogP contribution in [0.5, 0.6) is 0 Å². The Morgan fingerprint density at radius 2 is 1.77 bits per heavy atom. The van der Waals surface area contributed by atoms with Crippen LogP contribution in [-0.4, -0.2) is 17.3 Å². The lowest BCUT2D eigenvalue weighted by molar-refractivity contribution is -0.119. The molecule has 1 saturated carbocycles. The van der Waals surface area contributed by atoms with E-state index in [4.69, 9.17) is 11.6 Å². The minimum absolute atomic E-state index is 0.0907. The Labute approximate surface area is 85.0 Å². The van der Waals surface area contributed by atoms with Crippen molar-refractivity contribution in [1.82, 2.24) is 5.32 Å². The Kier molecular flexibility index (Phi) is 4.57. The van der Waals surface area contributed by atoms with E-state index in [9.17, 15) is 4.79 Å². The predicted molar refractivity (Wildman–Crippen MR) is 54.9 cm³/mol. The molecule has 0 unspecified atom stereocenters. The van der Waals surface area contributed by atoms with Gasteiger partial charge in [0.1, 0.15) is 0 Å². The number of amides is 1. The van der Waals surface area contributed by atoms with E-state index in [1.165, 1.54) is 0 Å². The molecule has 1 aliphatic rings. The molecule has 1 amide bonds. The van der Waals surface area contributed by atoms with Gasteiger partial charge in [0.25, 0.3) is 0 Å². The summed E-state index contributed by atoms with van der Waals surface area (Å²) in [6, 6.07) is 0.390. The van der Waals surface area contributed by atoms with Crippen LogP contribution in [0.1, 0.15) is 45.4 Å². The average molecular weight is 204 g/mol. The van der Waals surface area contributed by atoms with Crippen molar-refractivity contribution in [2.45, 2.75) is 56.9 Å². The van der Waals surface area contributed by atoms with E-state index in [0.717, 1.165) is 38.5 Å². The summed E-state index contributed by atoms with van der Waals surface area (Å²) in [6.45, 7) is 1.59. The molecule has 1 aliphatic carbocycles. The highest BCUT2D eigenvalue weighted by Crippen LogP contribution is 2.21. The zero-order chi connectivity index (χ0) is 9.68. The Morgan fingerprint density at radius 3 is 2.23 bits per heavy atom. The second-order valence-corrected chi connectivity index (χ2v) is 4.47. The fraction of sp³-hybridized carbons (Fsp3) is 0.900. The lowest BCUT2D eigenvalue weighted by Crippen LogP contribution is -2.33. The highest BCUT2D eigenvalue weighted by atomic mass is 35.5. The van der Waals surface area contributed by atoms with Gasteiger partial charge in [0.2, 0.25) is 5.91 Å². The lowest BCUT2D eigenvalue weighted by Gasteiger charge is -2.22. The molecule has 0 heterocycles. The molecule has 3 heteroatoms. The molecular formula is C10H18ClNO. The summed E-state index contributed by atoms with van der Waals surface area (Å²) in [5.41, 5.74) is 0. The fourth-order valence-electron chi connectivity index (χ4n) is 1.89. The number of rotatable bonds is 1. The maximum Gasteiger partial charge on any atom is 0.217 e. The van der Waals surface area contributed by atoms with E-state index < -0.39 is 0 Å². The van der Waals surface area contributed by atoms with Gasteiger partial charge >= 0.3 is 0 Å². The molecule has 0 radical (unpaired) electrons. The van der Waals surface area contributed by atoms with Crippen molar-refractivity contribution in [1.29, 1.82) is 0 Å². The van der Waals surface area contributed by atoms with Gasteiger partial charge in [-0.05, 0) is 38.5 Å². The lowest BCUT2D eigenvalue weighted by atomic mass is 9.96. The number of halogens is 1. The molecule has 0 aromatic carbocycles. The third-order valence-electron chi connectivity index (χ3n) is 2.55. The molecule has 13 heavy (non-hydrogen) atoms. The molecule has 0 aliphatic heterocycles. The first-order chi connectivity index (χ1) is 6.18. The van der Waals surface area contributed by atoms with Crippen molar-refractivity contribution in [3.05, 3.63) is 0 Å². The SMILES string of the molecule is CC(=O)NC1CCCC(Cl)CCC1. The normalized spacial score (nSPS) is 30.3. The van der Waals surface area contributed by atoms with Gasteiger partial charge in [-0.25, -0.2) is 0 Å². The van der Waals surface area contributed by atoms with E-state index in [1.807, 2.05) is 0 Å². The zero-order valence-corrected chi connectivity index (χ0v) is 8.94. The fourth-order valence-corrected chi connectivity index (χ4v) is 2.20. The van der Waals surface area contributed by atoms with E-state index in [2.05, 4.69) is 5.32 Å². The van der Waals surface area contributed by atoms with Gasteiger partial charge in [0, 0.05) is 18.3 Å². The topological polar surface area (TPSA) is 29.1 Å². The van der Waals surface area contributed by atoms with Crippen LogP contribution in [0.3, 0.4) is 0 Å². The van der Waals surface area contributed by atoms with E-state index >= 15 is 0 Å². The second kappa shape index (κ2) is 5.48. The molecule has 0 bridgehead atoms. The third kappa shape index (κ3) is 4.51. The number of nitrogens with one attached hydrogen (secondary N) is 1. The minimum atomic E-state index is 0.0907. The van der Waals surface area contributed by atoms with Crippen LogP contribution in [0.25, 0.3) is 0 Å². The van der Waals surface area contributed by atoms with Gasteiger partial charge in [0.05, 0.1) is 0 Å². The largest absolute Gasteiger partial charge is 0.354 e. The van der Waals surface area contributed by atoms with Crippen LogP contribution in [-0.2, 0) is 4.79 Å². The van der Waals surface area contributed by atoms with E-state index in [-0.39, 0.29) is 5.91 Å². The van der Waals surface area contributed by atoms with Gasteiger partial charge in [-0.15, -0.1) is 11.6 Å². The van der Waals surface area contributed by atoms with Crippen LogP contribution >= 0.6 is 11.6 Å². The summed E-state index contributed by atoms with van der Waals surface area (Å²) in [5.74, 6) is 0.0907. The van der Waals surface area contributed by atoms with E-state index in [1.54, 1.807) is 6.92 Å². The van der Waals surface area contributed by atoms with Crippen LogP contribution in [0, 0.1) is 0 Å². The maximum absolute atomic E-state index is 10.8. The van der Waals surface area contributed by atoms with Gasteiger partial charge in [0.15, 0.2) is 0 Å². The Balaban J connectivity index is 2.28. The van der Waals surface area contributed by atoms with Crippen molar-refractivity contribution < 1.29 is 4.79 Å². The molecular weight excluding hydrogens is 186 g/mol. The summed E-state index contributed by atoms with van der Waals surface area (Å²) in [6.07, 6.45) is 6.64. The van der Waals surface area contributed by atoms with E-state index in [0.29, 0.717) is 11.4 Å². The van der Waals surface area contributed by atoms with Gasteiger partial charge in [-0.2, -0.15) is 0 Å². The first-order valence-electron chi connectivity index (χ1n) is 5.09. The number of hydrogen-bond acceptors (Lipinski definition) is 1. The van der Waals surface area contributed by atoms with Crippen molar-refractivity contribution >= 4 is 17.5 Å². The van der Waals surface area contributed by atoms with Gasteiger partial charge < -0.3 is 5.32 Å². The van der Waals surface area contributed by atoms with Crippen molar-refractivity contribution in [2.24, 2.45) is 0 Å². The smallest absolute Gasteiger partial charge is 0.217 e. The van der Waals surface area contributed by atoms with Crippen LogP contribution < -0.4 is 5.32 Å². The van der Waals surface area contributed by atoms with Crippen molar-refractivity contribution in [3.63, 3.8) is 0 Å². The van der Waals surface area contributed by atoms with Crippen LogP contribution in [0.15, 0.2) is 0 Å². The molecule has 0 aromatic heterocycles. The minimum Gasteiger partial charge on any atom is -0.354 e. The Bertz CT molecular complexity index is 162. The summed E-state index contributed by atoms with van der Waals surface area (Å²) in [4.78, 5) is 10.8. The first kappa shape index (κ1) is 10.8. The molecule has 76 valence electrons. The van der Waals surface area contributed by atoms with Crippen molar-refractivity contribution in [2.75, 3.05) is 0 Å². The zero-order valence-electron chi connectivity index (χ0n) is 8.18. The van der Waals surface area contributed by atoms with Crippen LogP contribution in [0.4, 0.5) is 0 Å². The average Bonchev–Trinajstić information content (AvgIpc) is 1.99. The molecule has 2 nitrogen and oxygen atoms in total. The third-order valence-corrected chi connectivity index (χ3v) is 2.98. The second-order valence-electron chi connectivity index (χ2n) is 3.86. The predicted octanol–water partition coefficient (Wildman–Crippen LogP) is 2.45. The molecule has 0 aromatic rings. The molecule has 0 atom stereocenters. The Hall–Kier alpha value is -0.240. The molecule has 1 N–H and O–H groups in total. The summed E-state index contributed by atoms with van der Waals surface area (Å²) in [5, 5.41) is 3.34. The molecule has 1 fully saturated rings. The number of hydrogen-bond donors (Lipinski definition) is 1. The quantitative estimate of drug-likeness (QED) is 0.652. The molecule has 0 saturated heterocycles. The molecule has 0 spiro atoms. The summed E-state index contributed by atoms with van der Waals surface area (Å²) in [7, 11) is 0. The van der Waals surface area contributed by atoms with Crippen molar-refractivity contribution in [3.8, 4) is 0 Å². The number of carbonyl (C=O) groups excluding carboxylic acids is 1. The number of carbonyl (C=O) groups is 1. The highest BCUT2D eigenvalue weighted by Gasteiger charge is 2.15.